The highest BCUT2D eigenvalue weighted by Crippen LogP contribution is 2.22. The molecule has 0 aromatic heterocycles. The van der Waals surface area contributed by atoms with Gasteiger partial charge in [-0.1, -0.05) is 78.2 Å². The maximum Gasteiger partial charge on any atom is 0.0976 e. The van der Waals surface area contributed by atoms with Crippen molar-refractivity contribution >= 4 is 0 Å². The van der Waals surface area contributed by atoms with E-state index in [1.165, 1.54) is 88.4 Å². The molecule has 0 spiro atoms. The summed E-state index contributed by atoms with van der Waals surface area (Å²) in [4.78, 5) is 0. The molecule has 0 rings (SSSR count). The summed E-state index contributed by atoms with van der Waals surface area (Å²) >= 11 is 0. The Morgan fingerprint density at radius 2 is 1.15 bits per heavy atom. The number of likely N-dealkylation sites (N-methyl/N-ethyl adjacent to an activating group) is 1. The van der Waals surface area contributed by atoms with E-state index in [0.717, 1.165) is 17.8 Å². The SMILES string of the molecule is CC[N+](CC)(CC)C/C=C(\C)CCCC(C)CCCC(C)CCCC(C)C. The van der Waals surface area contributed by atoms with Crippen LogP contribution in [0.2, 0.25) is 0 Å². The summed E-state index contributed by atoms with van der Waals surface area (Å²) in [6, 6.07) is 0. The minimum atomic E-state index is 0.871. The molecular weight excluding hydrogens is 326 g/mol. The van der Waals surface area contributed by atoms with Gasteiger partial charge in [0, 0.05) is 0 Å². The first-order valence-corrected chi connectivity index (χ1v) is 12.3. The highest BCUT2D eigenvalue weighted by Gasteiger charge is 2.18. The van der Waals surface area contributed by atoms with Gasteiger partial charge in [-0.3, -0.25) is 0 Å². The molecule has 0 heterocycles. The molecule has 0 N–H and O–H groups in total. The van der Waals surface area contributed by atoms with Gasteiger partial charge >= 0.3 is 0 Å². The molecule has 0 aromatic rings. The van der Waals surface area contributed by atoms with Crippen molar-refractivity contribution < 1.29 is 4.48 Å². The summed E-state index contributed by atoms with van der Waals surface area (Å²) in [6.07, 6.45) is 15.2. The first-order chi connectivity index (χ1) is 12.8. The minimum Gasteiger partial charge on any atom is -0.321 e. The number of hydrogen-bond acceptors (Lipinski definition) is 0. The molecule has 0 saturated carbocycles. The lowest BCUT2D eigenvalue weighted by Gasteiger charge is -2.35. The van der Waals surface area contributed by atoms with Gasteiger partial charge in [0.25, 0.3) is 0 Å². The van der Waals surface area contributed by atoms with E-state index in [2.05, 4.69) is 61.5 Å². The monoisotopic (exact) mass is 380 g/mol. The first kappa shape index (κ1) is 26.7. The summed E-state index contributed by atoms with van der Waals surface area (Å²) in [5.41, 5.74) is 1.61. The number of rotatable bonds is 17. The van der Waals surface area contributed by atoms with Crippen LogP contribution in [-0.4, -0.2) is 30.7 Å². The second-order valence-corrected chi connectivity index (χ2v) is 9.88. The van der Waals surface area contributed by atoms with E-state index in [4.69, 9.17) is 0 Å². The second-order valence-electron chi connectivity index (χ2n) is 9.88. The molecule has 0 aliphatic carbocycles. The van der Waals surface area contributed by atoms with Crippen molar-refractivity contribution in [3.8, 4) is 0 Å². The quantitative estimate of drug-likeness (QED) is 0.176. The fraction of sp³-hybridized carbons (Fsp3) is 0.923. The van der Waals surface area contributed by atoms with Crippen molar-refractivity contribution in [3.63, 3.8) is 0 Å². The summed E-state index contributed by atoms with van der Waals surface area (Å²) < 4.78 is 1.24. The summed E-state index contributed by atoms with van der Waals surface area (Å²) in [7, 11) is 0. The third-order valence-electron chi connectivity index (χ3n) is 6.98. The predicted molar refractivity (Wildman–Crippen MR) is 125 cm³/mol. The van der Waals surface area contributed by atoms with E-state index in [-0.39, 0.29) is 0 Å². The zero-order valence-corrected chi connectivity index (χ0v) is 20.4. The van der Waals surface area contributed by atoms with Crippen LogP contribution in [0.5, 0.6) is 0 Å². The van der Waals surface area contributed by atoms with Crippen LogP contribution >= 0.6 is 0 Å². The van der Waals surface area contributed by atoms with E-state index in [0.29, 0.717) is 0 Å². The Morgan fingerprint density at radius 3 is 1.59 bits per heavy atom. The number of nitrogens with zero attached hydrogens (tertiary/aromatic N) is 1. The van der Waals surface area contributed by atoms with Gasteiger partial charge in [-0.2, -0.15) is 0 Å². The van der Waals surface area contributed by atoms with Crippen LogP contribution in [0.4, 0.5) is 0 Å². The van der Waals surface area contributed by atoms with E-state index in [9.17, 15) is 0 Å². The minimum absolute atomic E-state index is 0.871. The van der Waals surface area contributed by atoms with Crippen molar-refractivity contribution in [3.05, 3.63) is 11.6 Å². The van der Waals surface area contributed by atoms with Crippen LogP contribution in [-0.2, 0) is 0 Å². The van der Waals surface area contributed by atoms with Gasteiger partial charge in [0.05, 0.1) is 26.2 Å². The van der Waals surface area contributed by atoms with Crippen LogP contribution in [0.1, 0.15) is 113 Å². The third kappa shape index (κ3) is 13.5. The Bertz CT molecular complexity index is 356. The fourth-order valence-corrected chi connectivity index (χ4v) is 4.22. The molecule has 0 aliphatic rings. The molecule has 0 radical (unpaired) electrons. The lowest BCUT2D eigenvalue weighted by Crippen LogP contribution is -2.47. The molecule has 1 nitrogen and oxygen atoms in total. The van der Waals surface area contributed by atoms with Crippen LogP contribution in [0.25, 0.3) is 0 Å². The van der Waals surface area contributed by atoms with Gasteiger partial charge in [-0.15, -0.1) is 0 Å². The summed E-state index contributed by atoms with van der Waals surface area (Å²) in [6.45, 7) is 24.0. The smallest absolute Gasteiger partial charge is 0.0976 e. The average Bonchev–Trinajstić information content (AvgIpc) is 2.63. The summed E-state index contributed by atoms with van der Waals surface area (Å²) in [5, 5.41) is 0. The lowest BCUT2D eigenvalue weighted by atomic mass is 9.91. The van der Waals surface area contributed by atoms with Gasteiger partial charge in [0.2, 0.25) is 0 Å². The highest BCUT2D eigenvalue weighted by molar-refractivity contribution is 4.98. The van der Waals surface area contributed by atoms with Crippen molar-refractivity contribution in [2.45, 2.75) is 113 Å². The van der Waals surface area contributed by atoms with E-state index >= 15 is 0 Å². The molecule has 1 heteroatoms. The Labute approximate surface area is 173 Å². The Balaban J connectivity index is 3.89. The third-order valence-corrected chi connectivity index (χ3v) is 6.98. The fourth-order valence-electron chi connectivity index (χ4n) is 4.22. The van der Waals surface area contributed by atoms with Gasteiger partial charge < -0.3 is 4.48 Å². The van der Waals surface area contributed by atoms with E-state index in [1.807, 2.05) is 0 Å². The van der Waals surface area contributed by atoms with Crippen LogP contribution in [0.15, 0.2) is 11.6 Å². The molecule has 0 amide bonds. The standard InChI is InChI=1S/C26H54N/c1-9-27(10-2,11-3)22-21-26(8)20-14-19-25(7)18-13-17-24(6)16-12-15-23(4)5/h21,23-25H,9-20,22H2,1-8H3/q+1/b26-21+. The van der Waals surface area contributed by atoms with Crippen LogP contribution < -0.4 is 0 Å². The Morgan fingerprint density at radius 1 is 0.704 bits per heavy atom. The molecule has 27 heavy (non-hydrogen) atoms. The zero-order valence-electron chi connectivity index (χ0n) is 20.4. The average molecular weight is 381 g/mol. The van der Waals surface area contributed by atoms with Gasteiger partial charge in [0.1, 0.15) is 0 Å². The lowest BCUT2D eigenvalue weighted by molar-refractivity contribution is -0.917. The number of quaternary nitrogens is 1. The first-order valence-electron chi connectivity index (χ1n) is 12.3. The molecule has 0 fully saturated rings. The van der Waals surface area contributed by atoms with Crippen molar-refractivity contribution in [1.29, 1.82) is 0 Å². The van der Waals surface area contributed by atoms with Gasteiger partial charge in [-0.25, -0.2) is 0 Å². The topological polar surface area (TPSA) is 0 Å². The van der Waals surface area contributed by atoms with Crippen molar-refractivity contribution in [2.24, 2.45) is 17.8 Å². The molecule has 0 aliphatic heterocycles. The number of allylic oxidation sites excluding steroid dienone is 1. The normalized spacial score (nSPS) is 15.4. The van der Waals surface area contributed by atoms with Gasteiger partial charge in [0.15, 0.2) is 0 Å². The molecule has 2 unspecified atom stereocenters. The Kier molecular flexibility index (Phi) is 15.4. The molecule has 2 atom stereocenters. The molecule has 162 valence electrons. The molecule has 0 bridgehead atoms. The second kappa shape index (κ2) is 15.6. The zero-order chi connectivity index (χ0) is 20.7. The molecule has 0 saturated heterocycles. The summed E-state index contributed by atoms with van der Waals surface area (Å²) in [5.74, 6) is 2.70. The maximum absolute atomic E-state index is 2.53. The predicted octanol–water partition coefficient (Wildman–Crippen LogP) is 8.25. The van der Waals surface area contributed by atoms with E-state index < -0.39 is 0 Å². The van der Waals surface area contributed by atoms with Gasteiger partial charge in [-0.05, 0) is 64.4 Å². The largest absolute Gasteiger partial charge is 0.321 e. The maximum atomic E-state index is 2.53. The Hall–Kier alpha value is -0.300. The van der Waals surface area contributed by atoms with E-state index in [1.54, 1.807) is 5.57 Å². The molecular formula is C26H54N+. The van der Waals surface area contributed by atoms with Crippen LogP contribution in [0.3, 0.4) is 0 Å². The van der Waals surface area contributed by atoms with Crippen molar-refractivity contribution in [1.82, 2.24) is 0 Å². The highest BCUT2D eigenvalue weighted by atomic mass is 15.3. The molecule has 0 aromatic carbocycles. The van der Waals surface area contributed by atoms with Crippen molar-refractivity contribution in [2.75, 3.05) is 26.2 Å². The van der Waals surface area contributed by atoms with Crippen LogP contribution in [0, 0.1) is 17.8 Å². The number of hydrogen-bond donors (Lipinski definition) is 0.